The zero-order chi connectivity index (χ0) is 26.4. The van der Waals surface area contributed by atoms with Crippen molar-refractivity contribution in [1.29, 1.82) is 0 Å². The number of carbonyl (C=O) groups excluding carboxylic acids is 2. The molecule has 3 heterocycles. The molecule has 9 heteroatoms. The average Bonchev–Trinajstić information content (AvgIpc) is 3.48. The van der Waals surface area contributed by atoms with E-state index in [1.54, 1.807) is 9.80 Å². The third kappa shape index (κ3) is 7.97. The van der Waals surface area contributed by atoms with Gasteiger partial charge in [0.1, 0.15) is 11.5 Å². The van der Waals surface area contributed by atoms with Gasteiger partial charge in [0.25, 0.3) is 0 Å². The number of ether oxygens (including phenoxy) is 3. The van der Waals surface area contributed by atoms with Crippen LogP contribution in [0.5, 0.6) is 11.5 Å². The molecule has 37 heavy (non-hydrogen) atoms. The van der Waals surface area contributed by atoms with E-state index in [2.05, 4.69) is 4.90 Å². The topological polar surface area (TPSA) is 84.7 Å². The van der Waals surface area contributed by atoms with Gasteiger partial charge < -0.3 is 28.4 Å². The summed E-state index contributed by atoms with van der Waals surface area (Å²) in [4.78, 5) is 32.8. The number of nitrogens with zero attached hydrogens (tertiary/aromatic N) is 3. The molecule has 2 aromatic rings. The quantitative estimate of drug-likeness (QED) is 0.481. The molecule has 4 rings (SSSR count). The van der Waals surface area contributed by atoms with Crippen molar-refractivity contribution in [3.8, 4) is 11.5 Å². The van der Waals surface area contributed by atoms with Gasteiger partial charge in [-0.2, -0.15) is 0 Å². The maximum absolute atomic E-state index is 13.7. The molecular weight excluding hydrogens is 474 g/mol. The van der Waals surface area contributed by atoms with Crippen molar-refractivity contribution in [2.75, 3.05) is 52.7 Å². The van der Waals surface area contributed by atoms with Crippen LogP contribution in [0.25, 0.3) is 0 Å². The first kappa shape index (κ1) is 27.0. The van der Waals surface area contributed by atoms with E-state index in [1.807, 2.05) is 58.0 Å². The van der Waals surface area contributed by atoms with Crippen LogP contribution in [0.15, 0.2) is 34.7 Å². The number of rotatable bonds is 10. The molecule has 0 unspecified atom stereocenters. The lowest BCUT2D eigenvalue weighted by Gasteiger charge is -2.32. The summed E-state index contributed by atoms with van der Waals surface area (Å²) < 4.78 is 22.2. The average molecular weight is 514 g/mol. The van der Waals surface area contributed by atoms with E-state index in [-0.39, 0.29) is 30.6 Å². The van der Waals surface area contributed by atoms with Crippen molar-refractivity contribution in [3.05, 3.63) is 47.4 Å². The van der Waals surface area contributed by atoms with Crippen molar-refractivity contribution < 1.29 is 28.2 Å². The fourth-order valence-corrected chi connectivity index (χ4v) is 4.46. The van der Waals surface area contributed by atoms with Crippen molar-refractivity contribution in [2.45, 2.75) is 47.2 Å². The summed E-state index contributed by atoms with van der Waals surface area (Å²) in [7, 11) is 0. The van der Waals surface area contributed by atoms with Crippen LogP contribution in [0.1, 0.15) is 44.3 Å². The van der Waals surface area contributed by atoms with Crippen molar-refractivity contribution in [1.82, 2.24) is 14.7 Å². The Bertz CT molecular complexity index is 1070. The lowest BCUT2D eigenvalue weighted by atomic mass is 9.91. The summed E-state index contributed by atoms with van der Waals surface area (Å²) >= 11 is 0. The van der Waals surface area contributed by atoms with E-state index >= 15 is 0 Å². The van der Waals surface area contributed by atoms with Crippen LogP contribution in [0.3, 0.4) is 0 Å². The Morgan fingerprint density at radius 3 is 2.41 bits per heavy atom. The molecule has 1 aromatic carbocycles. The van der Waals surface area contributed by atoms with E-state index in [9.17, 15) is 9.59 Å². The molecule has 0 N–H and O–H groups in total. The highest BCUT2D eigenvalue weighted by Crippen LogP contribution is 2.33. The smallest absolute Gasteiger partial charge is 0.242 e. The minimum absolute atomic E-state index is 0.00835. The van der Waals surface area contributed by atoms with Crippen LogP contribution in [-0.4, -0.2) is 79.2 Å². The number of amides is 2. The van der Waals surface area contributed by atoms with Gasteiger partial charge in [0, 0.05) is 39.1 Å². The maximum Gasteiger partial charge on any atom is 0.242 e. The first-order valence-corrected chi connectivity index (χ1v) is 13.0. The molecule has 1 aromatic heterocycles. The van der Waals surface area contributed by atoms with Gasteiger partial charge in [0.15, 0.2) is 11.5 Å². The van der Waals surface area contributed by atoms with Gasteiger partial charge in [-0.05, 0) is 42.2 Å². The molecule has 0 saturated carbocycles. The molecule has 0 atom stereocenters. The van der Waals surface area contributed by atoms with Gasteiger partial charge in [-0.1, -0.05) is 26.8 Å². The molecule has 2 amide bonds. The second-order valence-corrected chi connectivity index (χ2v) is 11.0. The Morgan fingerprint density at radius 1 is 0.946 bits per heavy atom. The fraction of sp³-hybridized carbons (Fsp3) is 0.571. The Kier molecular flexibility index (Phi) is 8.76. The normalized spacial score (nSPS) is 15.6. The highest BCUT2D eigenvalue weighted by molar-refractivity contribution is 5.85. The number of carbonyl (C=O) groups is 2. The first-order valence-electron chi connectivity index (χ1n) is 13.0. The van der Waals surface area contributed by atoms with Gasteiger partial charge in [0.05, 0.1) is 26.3 Å². The molecule has 0 spiro atoms. The van der Waals surface area contributed by atoms with Gasteiger partial charge in [-0.25, -0.2) is 0 Å². The Labute approximate surface area is 219 Å². The number of aryl methyl sites for hydroxylation is 1. The molecule has 2 aliphatic rings. The molecule has 0 bridgehead atoms. The van der Waals surface area contributed by atoms with Crippen LogP contribution in [0.4, 0.5) is 0 Å². The third-order valence-corrected chi connectivity index (χ3v) is 6.46. The van der Waals surface area contributed by atoms with E-state index in [1.165, 1.54) is 0 Å². The summed E-state index contributed by atoms with van der Waals surface area (Å²) in [5.41, 5.74) is 0.747. The lowest BCUT2D eigenvalue weighted by Crippen LogP contribution is -2.47. The van der Waals surface area contributed by atoms with Gasteiger partial charge in [-0.3, -0.25) is 14.5 Å². The van der Waals surface area contributed by atoms with Gasteiger partial charge in [0.2, 0.25) is 18.6 Å². The minimum atomic E-state index is -0.171. The molecule has 9 nitrogen and oxygen atoms in total. The van der Waals surface area contributed by atoms with Crippen molar-refractivity contribution >= 4 is 11.8 Å². The number of fused-ring (bicyclic) bond motifs is 1. The second-order valence-electron chi connectivity index (χ2n) is 11.0. The molecule has 0 radical (unpaired) electrons. The molecule has 0 aliphatic carbocycles. The molecule has 202 valence electrons. The highest BCUT2D eigenvalue weighted by Gasteiger charge is 2.27. The van der Waals surface area contributed by atoms with Gasteiger partial charge >= 0.3 is 0 Å². The van der Waals surface area contributed by atoms with Crippen LogP contribution in [0, 0.1) is 12.3 Å². The lowest BCUT2D eigenvalue weighted by molar-refractivity contribution is -0.142. The van der Waals surface area contributed by atoms with E-state index in [0.717, 1.165) is 24.4 Å². The highest BCUT2D eigenvalue weighted by atomic mass is 16.7. The predicted octanol–water partition coefficient (Wildman–Crippen LogP) is 3.44. The number of hydrogen-bond acceptors (Lipinski definition) is 7. The van der Waals surface area contributed by atoms with E-state index < -0.39 is 0 Å². The molecule has 1 saturated heterocycles. The summed E-state index contributed by atoms with van der Waals surface area (Å²) in [5.74, 6) is 2.73. The number of benzene rings is 1. The van der Waals surface area contributed by atoms with Crippen LogP contribution in [0.2, 0.25) is 0 Å². The van der Waals surface area contributed by atoms with E-state index in [0.29, 0.717) is 63.1 Å². The zero-order valence-electron chi connectivity index (χ0n) is 22.5. The summed E-state index contributed by atoms with van der Waals surface area (Å²) in [6.07, 6.45) is 0.378. The summed E-state index contributed by atoms with van der Waals surface area (Å²) in [6.45, 7) is 13.2. The maximum atomic E-state index is 13.7. The largest absolute Gasteiger partial charge is 0.464 e. The first-order chi connectivity index (χ1) is 17.7. The molecule has 1 fully saturated rings. The number of hydrogen-bond donors (Lipinski definition) is 0. The van der Waals surface area contributed by atoms with Gasteiger partial charge in [-0.15, -0.1) is 0 Å². The standard InChI is InChI=1S/C28H39N3O6/c1-21-5-7-23(37-21)18-31(17-22-6-8-24-25(15-22)36-20-35-24)27(33)19-30(26(32)16-28(2,3)4)10-9-29-11-13-34-14-12-29/h5-8,15H,9-14,16-20H2,1-4H3. The predicted molar refractivity (Wildman–Crippen MR) is 138 cm³/mol. The van der Waals surface area contributed by atoms with E-state index in [4.69, 9.17) is 18.6 Å². The summed E-state index contributed by atoms with van der Waals surface area (Å²) in [6, 6.07) is 9.47. The Balaban J connectivity index is 1.49. The summed E-state index contributed by atoms with van der Waals surface area (Å²) in [5, 5.41) is 0. The Hall–Kier alpha value is -3.04. The van der Waals surface area contributed by atoms with Crippen LogP contribution in [-0.2, 0) is 27.4 Å². The monoisotopic (exact) mass is 513 g/mol. The van der Waals surface area contributed by atoms with Crippen molar-refractivity contribution in [3.63, 3.8) is 0 Å². The Morgan fingerprint density at radius 2 is 1.70 bits per heavy atom. The zero-order valence-corrected chi connectivity index (χ0v) is 22.5. The molecule has 2 aliphatic heterocycles. The SMILES string of the molecule is Cc1ccc(CN(Cc2ccc3c(c2)OCO3)C(=O)CN(CCN2CCOCC2)C(=O)CC(C)(C)C)o1. The number of furan rings is 1. The number of morpholine rings is 1. The molecular formula is C28H39N3O6. The minimum Gasteiger partial charge on any atom is -0.464 e. The van der Waals surface area contributed by atoms with Crippen LogP contribution >= 0.6 is 0 Å². The second kappa shape index (κ2) is 12.0. The third-order valence-electron chi connectivity index (χ3n) is 6.46. The van der Waals surface area contributed by atoms with Crippen molar-refractivity contribution in [2.24, 2.45) is 5.41 Å². The van der Waals surface area contributed by atoms with Crippen LogP contribution < -0.4 is 9.47 Å². The fourth-order valence-electron chi connectivity index (χ4n) is 4.46.